The van der Waals surface area contributed by atoms with Crippen LogP contribution in [0.15, 0.2) is 78.2 Å². The van der Waals surface area contributed by atoms with Gasteiger partial charge in [-0.1, -0.05) is 24.3 Å². The van der Waals surface area contributed by atoms with Gasteiger partial charge in [-0.15, -0.1) is 0 Å². The van der Waals surface area contributed by atoms with Gasteiger partial charge in [0.1, 0.15) is 17.4 Å². The number of hydrogen-bond donors (Lipinski definition) is 0. The lowest BCUT2D eigenvalue weighted by Gasteiger charge is -2.28. The summed E-state index contributed by atoms with van der Waals surface area (Å²) in [5.41, 5.74) is 3.23. The van der Waals surface area contributed by atoms with E-state index in [1.807, 2.05) is 24.4 Å². The Morgan fingerprint density at radius 1 is 0.963 bits per heavy atom. The minimum absolute atomic E-state index is 0.217. The second-order valence-electron chi connectivity index (χ2n) is 6.75. The van der Waals surface area contributed by atoms with Crippen LogP contribution in [0.2, 0.25) is 0 Å². The van der Waals surface area contributed by atoms with Gasteiger partial charge in [0.2, 0.25) is 0 Å². The lowest BCUT2D eigenvalue weighted by Crippen LogP contribution is -2.28. The van der Waals surface area contributed by atoms with E-state index in [0.717, 1.165) is 41.8 Å². The van der Waals surface area contributed by atoms with Gasteiger partial charge in [-0.3, -0.25) is 0 Å². The highest BCUT2D eigenvalue weighted by Crippen LogP contribution is 2.30. The van der Waals surface area contributed by atoms with E-state index in [1.165, 1.54) is 24.3 Å². The van der Waals surface area contributed by atoms with Crippen molar-refractivity contribution in [2.45, 2.75) is 25.4 Å². The average molecular weight is 364 g/mol. The van der Waals surface area contributed by atoms with E-state index < -0.39 is 0 Å². The van der Waals surface area contributed by atoms with E-state index in [4.69, 9.17) is 4.74 Å². The van der Waals surface area contributed by atoms with Crippen LogP contribution in [0.5, 0.6) is 0 Å². The van der Waals surface area contributed by atoms with Crippen molar-refractivity contribution >= 4 is 0 Å². The SMILES string of the molecule is Fc1ccc(CCOC2=CC[C@@H]3C(=C2)[C]=CN3Cc2ccc(F)cc2)cc1. The number of benzene rings is 2. The number of rotatable bonds is 6. The zero-order valence-electron chi connectivity index (χ0n) is 14.9. The fourth-order valence-corrected chi connectivity index (χ4v) is 3.36. The van der Waals surface area contributed by atoms with Crippen LogP contribution >= 0.6 is 0 Å². The second-order valence-corrected chi connectivity index (χ2v) is 6.75. The molecule has 0 spiro atoms. The van der Waals surface area contributed by atoms with Crippen molar-refractivity contribution in [3.8, 4) is 0 Å². The normalized spacial score (nSPS) is 18.1. The van der Waals surface area contributed by atoms with E-state index in [9.17, 15) is 8.78 Å². The zero-order valence-corrected chi connectivity index (χ0v) is 14.9. The molecule has 0 saturated heterocycles. The van der Waals surface area contributed by atoms with Crippen molar-refractivity contribution in [2.75, 3.05) is 6.61 Å². The molecule has 4 heteroatoms. The molecule has 0 aromatic heterocycles. The number of nitrogens with zero attached hydrogens (tertiary/aromatic N) is 1. The first-order valence-electron chi connectivity index (χ1n) is 9.06. The largest absolute Gasteiger partial charge is 0.494 e. The smallest absolute Gasteiger partial charge is 0.123 e. The Kier molecular flexibility index (Phi) is 5.05. The van der Waals surface area contributed by atoms with Gasteiger partial charge < -0.3 is 9.64 Å². The molecule has 2 aromatic carbocycles. The Labute approximate surface area is 158 Å². The Bertz CT molecular complexity index is 882. The summed E-state index contributed by atoms with van der Waals surface area (Å²) in [5, 5.41) is 0. The van der Waals surface area contributed by atoms with Gasteiger partial charge in [-0.2, -0.15) is 0 Å². The Balaban J connectivity index is 1.31. The van der Waals surface area contributed by atoms with Gasteiger partial charge in [0, 0.05) is 25.2 Å². The van der Waals surface area contributed by atoms with E-state index in [0.29, 0.717) is 6.61 Å². The molecule has 0 bridgehead atoms. The lowest BCUT2D eigenvalue weighted by molar-refractivity contribution is 0.221. The standard InChI is InChI=1S/C23H20F2NO/c24-20-5-1-17(2-6-20)12-14-27-22-9-10-23-19(15-22)11-13-26(23)16-18-3-7-21(25)8-4-18/h1-9,13,15,23H,10,12,14,16H2/t23-/m1/s1. The summed E-state index contributed by atoms with van der Waals surface area (Å²) in [4.78, 5) is 2.21. The molecule has 1 aliphatic carbocycles. The highest BCUT2D eigenvalue weighted by atomic mass is 19.1. The molecular weight excluding hydrogens is 344 g/mol. The first-order valence-corrected chi connectivity index (χ1v) is 9.06. The summed E-state index contributed by atoms with van der Waals surface area (Å²) in [7, 11) is 0. The molecule has 137 valence electrons. The summed E-state index contributed by atoms with van der Waals surface area (Å²) in [6.07, 6.45) is 11.0. The van der Waals surface area contributed by atoms with Crippen molar-refractivity contribution in [1.82, 2.24) is 4.90 Å². The van der Waals surface area contributed by atoms with E-state index >= 15 is 0 Å². The highest BCUT2D eigenvalue weighted by Gasteiger charge is 2.26. The fraction of sp³-hybridized carbons (Fsp3) is 0.217. The number of fused-ring (bicyclic) bond motifs is 1. The van der Waals surface area contributed by atoms with E-state index in [-0.39, 0.29) is 17.7 Å². The summed E-state index contributed by atoms with van der Waals surface area (Å²) < 4.78 is 31.9. The minimum Gasteiger partial charge on any atom is -0.494 e. The molecule has 0 unspecified atom stereocenters. The summed E-state index contributed by atoms with van der Waals surface area (Å²) >= 11 is 0. The third-order valence-electron chi connectivity index (χ3n) is 4.85. The van der Waals surface area contributed by atoms with Crippen LogP contribution in [-0.4, -0.2) is 17.5 Å². The molecule has 1 heterocycles. The first-order chi connectivity index (χ1) is 13.2. The first kappa shape index (κ1) is 17.5. The zero-order chi connectivity index (χ0) is 18.6. The average Bonchev–Trinajstić information content (AvgIpc) is 3.07. The van der Waals surface area contributed by atoms with Crippen LogP contribution in [0.25, 0.3) is 0 Å². The molecule has 1 aliphatic heterocycles. The monoisotopic (exact) mass is 364 g/mol. The maximum atomic E-state index is 13.1. The van der Waals surface area contributed by atoms with Crippen LogP contribution in [0.3, 0.4) is 0 Å². The Hall–Kier alpha value is -2.88. The van der Waals surface area contributed by atoms with Crippen molar-refractivity contribution in [2.24, 2.45) is 0 Å². The van der Waals surface area contributed by atoms with Gasteiger partial charge in [0.05, 0.1) is 12.6 Å². The Morgan fingerprint density at radius 3 is 2.33 bits per heavy atom. The maximum absolute atomic E-state index is 13.1. The third-order valence-corrected chi connectivity index (χ3v) is 4.85. The van der Waals surface area contributed by atoms with E-state index in [2.05, 4.69) is 17.1 Å². The van der Waals surface area contributed by atoms with Gasteiger partial charge in [0.15, 0.2) is 0 Å². The molecule has 2 aliphatic rings. The van der Waals surface area contributed by atoms with Gasteiger partial charge in [-0.05, 0) is 59.5 Å². The number of allylic oxidation sites excluding steroid dienone is 1. The molecule has 0 amide bonds. The summed E-state index contributed by atoms with van der Waals surface area (Å²) in [6, 6.07) is 13.4. The molecule has 27 heavy (non-hydrogen) atoms. The minimum atomic E-state index is -0.223. The summed E-state index contributed by atoms with van der Waals surface area (Å²) in [5.74, 6) is 0.415. The van der Waals surface area contributed by atoms with Crippen LogP contribution in [-0.2, 0) is 17.7 Å². The predicted molar refractivity (Wildman–Crippen MR) is 100 cm³/mol. The molecule has 0 saturated carbocycles. The maximum Gasteiger partial charge on any atom is 0.123 e. The van der Waals surface area contributed by atoms with E-state index in [1.54, 1.807) is 12.1 Å². The third kappa shape index (κ3) is 4.27. The van der Waals surface area contributed by atoms with Crippen molar-refractivity contribution in [1.29, 1.82) is 0 Å². The predicted octanol–water partition coefficient (Wildman–Crippen LogP) is 4.94. The molecule has 1 radical (unpaired) electrons. The molecule has 0 fully saturated rings. The van der Waals surface area contributed by atoms with Crippen molar-refractivity contribution in [3.63, 3.8) is 0 Å². The second kappa shape index (κ2) is 7.78. The number of ether oxygens (including phenoxy) is 1. The molecule has 0 N–H and O–H groups in total. The van der Waals surface area contributed by atoms with Crippen LogP contribution in [0.1, 0.15) is 17.5 Å². The molecule has 2 aromatic rings. The van der Waals surface area contributed by atoms with Crippen LogP contribution in [0.4, 0.5) is 8.78 Å². The number of hydrogen-bond acceptors (Lipinski definition) is 2. The molecule has 1 atom stereocenters. The van der Waals surface area contributed by atoms with Crippen molar-refractivity contribution < 1.29 is 13.5 Å². The molecule has 4 rings (SSSR count). The molecule has 2 nitrogen and oxygen atoms in total. The van der Waals surface area contributed by atoms with Gasteiger partial charge in [-0.25, -0.2) is 8.78 Å². The lowest BCUT2D eigenvalue weighted by atomic mass is 9.99. The topological polar surface area (TPSA) is 12.5 Å². The summed E-state index contributed by atoms with van der Waals surface area (Å²) in [6.45, 7) is 1.28. The van der Waals surface area contributed by atoms with Gasteiger partial charge >= 0.3 is 0 Å². The van der Waals surface area contributed by atoms with Crippen LogP contribution < -0.4 is 0 Å². The Morgan fingerprint density at radius 2 is 1.63 bits per heavy atom. The van der Waals surface area contributed by atoms with Crippen LogP contribution in [0, 0.1) is 17.7 Å². The number of halogens is 2. The van der Waals surface area contributed by atoms with Crippen molar-refractivity contribution in [3.05, 3.63) is 107 Å². The fourth-order valence-electron chi connectivity index (χ4n) is 3.36. The van der Waals surface area contributed by atoms with Gasteiger partial charge in [0.25, 0.3) is 0 Å². The highest BCUT2D eigenvalue weighted by molar-refractivity contribution is 5.37. The molecular formula is C23H20F2NO. The quantitative estimate of drug-likeness (QED) is 0.720.